The number of nitrogens with zero attached hydrogens (tertiary/aromatic N) is 3. The van der Waals surface area contributed by atoms with Gasteiger partial charge in [-0.25, -0.2) is 15.0 Å². The molecule has 0 radical (unpaired) electrons. The van der Waals surface area contributed by atoms with Gasteiger partial charge in [0.25, 0.3) is 0 Å². The number of hydrogen-bond donors (Lipinski definition) is 1. The second-order valence-corrected chi connectivity index (χ2v) is 6.19. The van der Waals surface area contributed by atoms with E-state index in [2.05, 4.69) is 20.3 Å². The summed E-state index contributed by atoms with van der Waals surface area (Å²) >= 11 is 0. The van der Waals surface area contributed by atoms with Crippen molar-refractivity contribution in [1.82, 2.24) is 15.0 Å². The van der Waals surface area contributed by atoms with Crippen LogP contribution in [0.15, 0.2) is 36.8 Å². The van der Waals surface area contributed by atoms with Gasteiger partial charge >= 0.3 is 6.18 Å². The second-order valence-electron chi connectivity index (χ2n) is 6.19. The highest BCUT2D eigenvalue weighted by Gasteiger charge is 2.30. The lowest BCUT2D eigenvalue weighted by Crippen LogP contribution is -2.24. The first-order valence-corrected chi connectivity index (χ1v) is 8.61. The third-order valence-corrected chi connectivity index (χ3v) is 4.07. The first-order valence-electron chi connectivity index (χ1n) is 8.61. The molecule has 29 heavy (non-hydrogen) atoms. The topological polar surface area (TPSA) is 78.4 Å². The van der Waals surface area contributed by atoms with E-state index in [1.165, 1.54) is 19.5 Å². The summed E-state index contributed by atoms with van der Waals surface area (Å²) in [6.45, 7) is 2.01. The van der Waals surface area contributed by atoms with E-state index in [1.807, 2.05) is 6.92 Å². The Hall–Kier alpha value is -3.30. The number of pyridine rings is 1. The number of nitrogens with one attached hydrogen (secondary N) is 1. The van der Waals surface area contributed by atoms with Crippen molar-refractivity contribution in [3.05, 3.63) is 42.4 Å². The molecular weight excluding hydrogens is 389 g/mol. The smallest absolute Gasteiger partial charge is 0.417 e. The summed E-state index contributed by atoms with van der Waals surface area (Å²) in [7, 11) is 3.08. The lowest BCUT2D eigenvalue weighted by Gasteiger charge is -2.17. The number of benzene rings is 1. The van der Waals surface area contributed by atoms with Crippen molar-refractivity contribution in [1.29, 1.82) is 0 Å². The van der Waals surface area contributed by atoms with Crippen molar-refractivity contribution < 1.29 is 27.4 Å². The highest BCUT2D eigenvalue weighted by atomic mass is 19.4. The lowest BCUT2D eigenvalue weighted by atomic mass is 10.2. The van der Waals surface area contributed by atoms with E-state index in [0.29, 0.717) is 22.8 Å². The number of ether oxygens (including phenoxy) is 3. The van der Waals surface area contributed by atoms with Gasteiger partial charge in [0, 0.05) is 23.7 Å². The van der Waals surface area contributed by atoms with Crippen LogP contribution in [0.4, 0.5) is 19.0 Å². The number of hydrogen-bond acceptors (Lipinski definition) is 7. The zero-order chi connectivity index (χ0) is 21.0. The maximum Gasteiger partial charge on any atom is 0.417 e. The van der Waals surface area contributed by atoms with Gasteiger partial charge < -0.3 is 19.5 Å². The van der Waals surface area contributed by atoms with E-state index in [-0.39, 0.29) is 18.5 Å². The molecule has 0 fully saturated rings. The molecule has 7 nitrogen and oxygen atoms in total. The summed E-state index contributed by atoms with van der Waals surface area (Å²) in [5.41, 5.74) is -0.162. The number of rotatable bonds is 7. The Balaban J connectivity index is 1.70. The summed E-state index contributed by atoms with van der Waals surface area (Å²) in [5.74, 6) is 1.75. The van der Waals surface area contributed by atoms with Crippen LogP contribution in [0.1, 0.15) is 12.5 Å². The molecular formula is C19H19F3N4O3. The quantitative estimate of drug-likeness (QED) is 0.634. The molecule has 1 atom stereocenters. The number of alkyl halides is 3. The highest BCUT2D eigenvalue weighted by molar-refractivity contribution is 5.91. The van der Waals surface area contributed by atoms with Gasteiger partial charge in [0.05, 0.1) is 31.3 Å². The second kappa shape index (κ2) is 8.38. The van der Waals surface area contributed by atoms with E-state index in [1.54, 1.807) is 19.2 Å². The summed E-state index contributed by atoms with van der Waals surface area (Å²) in [6, 6.07) is 5.41. The monoisotopic (exact) mass is 408 g/mol. The molecule has 10 heteroatoms. The number of methoxy groups -OCH3 is 2. The normalized spacial score (nSPS) is 12.5. The average Bonchev–Trinajstić information content (AvgIpc) is 2.71. The van der Waals surface area contributed by atoms with Crippen molar-refractivity contribution in [2.75, 3.05) is 26.1 Å². The summed E-state index contributed by atoms with van der Waals surface area (Å²) in [5, 5.41) is 3.93. The molecule has 2 heterocycles. The van der Waals surface area contributed by atoms with E-state index in [9.17, 15) is 13.2 Å². The van der Waals surface area contributed by atoms with E-state index in [4.69, 9.17) is 14.2 Å². The molecule has 0 aliphatic heterocycles. The van der Waals surface area contributed by atoms with Crippen molar-refractivity contribution in [3.8, 4) is 17.4 Å². The molecule has 0 saturated heterocycles. The van der Waals surface area contributed by atoms with Gasteiger partial charge in [-0.2, -0.15) is 13.2 Å². The van der Waals surface area contributed by atoms with E-state index >= 15 is 0 Å². The number of fused-ring (bicyclic) bond motifs is 1. The fourth-order valence-electron chi connectivity index (χ4n) is 2.62. The van der Waals surface area contributed by atoms with Gasteiger partial charge in [-0.15, -0.1) is 0 Å². The molecule has 1 unspecified atom stereocenters. The minimum absolute atomic E-state index is 0.102. The third kappa shape index (κ3) is 4.76. The van der Waals surface area contributed by atoms with E-state index < -0.39 is 11.7 Å². The van der Waals surface area contributed by atoms with Crippen LogP contribution in [0.25, 0.3) is 10.9 Å². The standard InChI is InChI=1S/C19H19F3N4O3/c1-11(9-29-17-5-4-12(8-23-17)19(20,21)22)26-18-13-6-15(27-2)16(28-3)7-14(13)24-10-25-18/h4-8,10-11H,9H2,1-3H3,(H,24,25,26). The Morgan fingerprint density at radius 3 is 2.38 bits per heavy atom. The molecule has 3 rings (SSSR count). The molecule has 1 N–H and O–H groups in total. The first kappa shape index (κ1) is 20.4. The maximum atomic E-state index is 12.6. The van der Waals surface area contributed by atoms with Crippen LogP contribution < -0.4 is 19.5 Å². The van der Waals surface area contributed by atoms with Gasteiger partial charge in [-0.1, -0.05) is 0 Å². The Bertz CT molecular complexity index is 981. The molecule has 0 spiro atoms. The van der Waals surface area contributed by atoms with Crippen LogP contribution in [0.3, 0.4) is 0 Å². The fraction of sp³-hybridized carbons (Fsp3) is 0.316. The van der Waals surface area contributed by atoms with Gasteiger partial charge in [0.15, 0.2) is 11.5 Å². The van der Waals surface area contributed by atoms with Gasteiger partial charge in [0.2, 0.25) is 5.88 Å². The fourth-order valence-corrected chi connectivity index (χ4v) is 2.62. The van der Waals surface area contributed by atoms with Crippen LogP contribution in [0.5, 0.6) is 17.4 Å². The van der Waals surface area contributed by atoms with Crippen LogP contribution in [-0.4, -0.2) is 41.8 Å². The zero-order valence-corrected chi connectivity index (χ0v) is 15.9. The first-order chi connectivity index (χ1) is 13.8. The summed E-state index contributed by atoms with van der Waals surface area (Å²) < 4.78 is 53.8. The Labute approximate surface area is 164 Å². The van der Waals surface area contributed by atoms with Gasteiger partial charge in [-0.3, -0.25) is 0 Å². The number of halogens is 3. The maximum absolute atomic E-state index is 12.6. The minimum Gasteiger partial charge on any atom is -0.493 e. The lowest BCUT2D eigenvalue weighted by molar-refractivity contribution is -0.137. The molecule has 0 bridgehead atoms. The van der Waals surface area contributed by atoms with Crippen molar-refractivity contribution in [3.63, 3.8) is 0 Å². The van der Waals surface area contributed by atoms with Crippen LogP contribution >= 0.6 is 0 Å². The Morgan fingerprint density at radius 1 is 1.03 bits per heavy atom. The van der Waals surface area contributed by atoms with E-state index in [0.717, 1.165) is 17.6 Å². The van der Waals surface area contributed by atoms with Crippen molar-refractivity contribution in [2.45, 2.75) is 19.1 Å². The van der Waals surface area contributed by atoms with Crippen molar-refractivity contribution >= 4 is 16.7 Å². The predicted octanol–water partition coefficient (Wildman–Crippen LogP) is 3.94. The number of anilines is 1. The zero-order valence-electron chi connectivity index (χ0n) is 15.9. The summed E-state index contributed by atoms with van der Waals surface area (Å²) in [6.07, 6.45) is -2.27. The van der Waals surface area contributed by atoms with Gasteiger partial charge in [-0.05, 0) is 19.1 Å². The average molecular weight is 408 g/mol. The van der Waals surface area contributed by atoms with Crippen LogP contribution in [-0.2, 0) is 6.18 Å². The highest BCUT2D eigenvalue weighted by Crippen LogP contribution is 2.33. The Kier molecular flexibility index (Phi) is 5.90. The molecule has 0 amide bonds. The molecule has 154 valence electrons. The van der Waals surface area contributed by atoms with Crippen LogP contribution in [0.2, 0.25) is 0 Å². The van der Waals surface area contributed by atoms with Crippen molar-refractivity contribution in [2.24, 2.45) is 0 Å². The van der Waals surface area contributed by atoms with Gasteiger partial charge in [0.1, 0.15) is 18.8 Å². The van der Waals surface area contributed by atoms with Crippen LogP contribution in [0, 0.1) is 0 Å². The molecule has 2 aromatic heterocycles. The molecule has 0 saturated carbocycles. The largest absolute Gasteiger partial charge is 0.493 e. The molecule has 1 aromatic carbocycles. The molecule has 0 aliphatic carbocycles. The minimum atomic E-state index is -4.43. The molecule has 0 aliphatic rings. The molecule has 3 aromatic rings. The third-order valence-electron chi connectivity index (χ3n) is 4.07. The predicted molar refractivity (Wildman–Crippen MR) is 100 cm³/mol. The SMILES string of the molecule is COc1cc2ncnc(NC(C)COc3ccc(C(F)(F)F)cn3)c2cc1OC. The Morgan fingerprint density at radius 2 is 1.76 bits per heavy atom. The number of aromatic nitrogens is 3. The summed E-state index contributed by atoms with van der Waals surface area (Å²) in [4.78, 5) is 12.2.